The normalized spacial score (nSPS) is 13.4. The molecule has 1 aromatic carbocycles. The minimum absolute atomic E-state index is 0.115. The molecule has 0 spiro atoms. The van der Waals surface area contributed by atoms with Gasteiger partial charge in [0, 0.05) is 17.5 Å². The Hall–Kier alpha value is -1.23. The summed E-state index contributed by atoms with van der Waals surface area (Å²) < 4.78 is 22.7. The van der Waals surface area contributed by atoms with Crippen LogP contribution in [0.1, 0.15) is 13.8 Å². The zero-order valence-electron chi connectivity index (χ0n) is 9.47. The number of hydrogen-bond acceptors (Lipinski definition) is 4. The average molecular weight is 243 g/mol. The second-order valence-electron chi connectivity index (χ2n) is 3.79. The number of aromatic hydroxyl groups is 1. The highest BCUT2D eigenvalue weighted by Crippen LogP contribution is 2.14. The lowest BCUT2D eigenvalue weighted by Crippen LogP contribution is -2.26. The van der Waals surface area contributed by atoms with Gasteiger partial charge in [-0.1, -0.05) is 6.92 Å². The SMILES string of the molecule is CCS(=O)(=O)CC(C)Nc1ccc(O)cc1. The molecule has 0 radical (unpaired) electrons. The summed E-state index contributed by atoms with van der Waals surface area (Å²) in [5.74, 6) is 0.471. The summed E-state index contributed by atoms with van der Waals surface area (Å²) in [6, 6.07) is 6.40. The van der Waals surface area contributed by atoms with Crippen molar-refractivity contribution in [2.45, 2.75) is 19.9 Å². The lowest BCUT2D eigenvalue weighted by molar-refractivity contribution is 0.475. The Labute approximate surface area is 96.2 Å². The molecule has 0 aromatic heterocycles. The van der Waals surface area contributed by atoms with Crippen LogP contribution in [0.5, 0.6) is 5.75 Å². The monoisotopic (exact) mass is 243 g/mol. The molecule has 0 saturated heterocycles. The number of anilines is 1. The number of nitrogens with one attached hydrogen (secondary N) is 1. The molecule has 1 atom stereocenters. The van der Waals surface area contributed by atoms with Crippen LogP contribution in [-0.4, -0.2) is 31.1 Å². The second kappa shape index (κ2) is 5.21. The van der Waals surface area contributed by atoms with Gasteiger partial charge in [0.15, 0.2) is 9.84 Å². The fourth-order valence-electron chi connectivity index (χ4n) is 1.38. The van der Waals surface area contributed by atoms with Gasteiger partial charge in [-0.3, -0.25) is 0 Å². The lowest BCUT2D eigenvalue weighted by Gasteiger charge is -2.14. The molecule has 0 bridgehead atoms. The zero-order chi connectivity index (χ0) is 12.2. The third-order valence-corrected chi connectivity index (χ3v) is 4.11. The molecule has 4 nitrogen and oxygen atoms in total. The van der Waals surface area contributed by atoms with E-state index in [1.807, 2.05) is 6.92 Å². The van der Waals surface area contributed by atoms with E-state index in [0.29, 0.717) is 0 Å². The van der Waals surface area contributed by atoms with E-state index in [9.17, 15) is 8.42 Å². The van der Waals surface area contributed by atoms with Gasteiger partial charge in [0.2, 0.25) is 0 Å². The molecule has 0 amide bonds. The van der Waals surface area contributed by atoms with Crippen molar-refractivity contribution in [3.63, 3.8) is 0 Å². The minimum Gasteiger partial charge on any atom is -0.508 e. The Morgan fingerprint density at radius 3 is 2.38 bits per heavy atom. The first-order valence-corrected chi connectivity index (χ1v) is 7.01. The van der Waals surface area contributed by atoms with Crippen LogP contribution in [-0.2, 0) is 9.84 Å². The third-order valence-electron chi connectivity index (χ3n) is 2.22. The van der Waals surface area contributed by atoms with Gasteiger partial charge in [-0.2, -0.15) is 0 Å². The van der Waals surface area contributed by atoms with Crippen LogP contribution in [0.3, 0.4) is 0 Å². The zero-order valence-corrected chi connectivity index (χ0v) is 10.3. The van der Waals surface area contributed by atoms with Crippen molar-refractivity contribution in [3.05, 3.63) is 24.3 Å². The van der Waals surface area contributed by atoms with Gasteiger partial charge in [0.05, 0.1) is 5.75 Å². The van der Waals surface area contributed by atoms with Gasteiger partial charge >= 0.3 is 0 Å². The summed E-state index contributed by atoms with van der Waals surface area (Å²) in [5.41, 5.74) is 0.802. The highest BCUT2D eigenvalue weighted by Gasteiger charge is 2.13. The predicted octanol–water partition coefficient (Wildman–Crippen LogP) is 1.63. The van der Waals surface area contributed by atoms with Crippen LogP contribution < -0.4 is 5.32 Å². The van der Waals surface area contributed by atoms with E-state index in [2.05, 4.69) is 5.32 Å². The molecule has 1 aromatic rings. The molecule has 1 rings (SSSR count). The molecule has 5 heteroatoms. The fourth-order valence-corrected chi connectivity index (χ4v) is 2.46. The van der Waals surface area contributed by atoms with Crippen LogP contribution in [0.25, 0.3) is 0 Å². The molecule has 0 aliphatic rings. The van der Waals surface area contributed by atoms with Crippen molar-refractivity contribution in [2.24, 2.45) is 0 Å². The molecule has 2 N–H and O–H groups in total. The van der Waals surface area contributed by atoms with Gasteiger partial charge < -0.3 is 10.4 Å². The van der Waals surface area contributed by atoms with Gasteiger partial charge in [0.25, 0.3) is 0 Å². The summed E-state index contributed by atoms with van der Waals surface area (Å²) >= 11 is 0. The number of rotatable bonds is 5. The van der Waals surface area contributed by atoms with E-state index in [1.165, 1.54) is 0 Å². The second-order valence-corrected chi connectivity index (χ2v) is 6.19. The van der Waals surface area contributed by atoms with E-state index >= 15 is 0 Å². The molecule has 1 unspecified atom stereocenters. The quantitative estimate of drug-likeness (QED) is 0.771. The first-order valence-electron chi connectivity index (χ1n) is 5.19. The maximum Gasteiger partial charge on any atom is 0.152 e. The van der Waals surface area contributed by atoms with Gasteiger partial charge in [-0.05, 0) is 31.2 Å². The molecule has 90 valence electrons. The molecule has 0 heterocycles. The molecular weight excluding hydrogens is 226 g/mol. The summed E-state index contributed by atoms with van der Waals surface area (Å²) in [5, 5.41) is 12.2. The Morgan fingerprint density at radius 2 is 1.88 bits per heavy atom. The number of phenols is 1. The maximum atomic E-state index is 11.4. The Kier molecular flexibility index (Phi) is 4.18. The summed E-state index contributed by atoms with van der Waals surface area (Å²) in [7, 11) is -2.96. The van der Waals surface area contributed by atoms with Crippen LogP contribution in [0, 0.1) is 0 Å². The Balaban J connectivity index is 2.58. The first kappa shape index (κ1) is 12.8. The largest absolute Gasteiger partial charge is 0.508 e. The summed E-state index contributed by atoms with van der Waals surface area (Å²) in [4.78, 5) is 0. The molecule has 0 saturated carbocycles. The van der Waals surface area contributed by atoms with Gasteiger partial charge in [0.1, 0.15) is 5.75 Å². The highest BCUT2D eigenvalue weighted by atomic mass is 32.2. The first-order chi connectivity index (χ1) is 7.43. The summed E-state index contributed by atoms with van der Waals surface area (Å²) in [6.45, 7) is 3.46. The number of benzene rings is 1. The van der Waals surface area contributed by atoms with Crippen LogP contribution >= 0.6 is 0 Å². The molecule has 0 fully saturated rings. The van der Waals surface area contributed by atoms with E-state index in [0.717, 1.165) is 5.69 Å². The topological polar surface area (TPSA) is 66.4 Å². The standard InChI is InChI=1S/C11H17NO3S/c1-3-16(14,15)8-9(2)12-10-4-6-11(13)7-5-10/h4-7,9,12-13H,3,8H2,1-2H3. The summed E-state index contributed by atoms with van der Waals surface area (Å²) in [6.07, 6.45) is 0. The van der Waals surface area contributed by atoms with Crippen LogP contribution in [0.2, 0.25) is 0 Å². The molecule has 0 aliphatic heterocycles. The van der Waals surface area contributed by atoms with Crippen molar-refractivity contribution in [3.8, 4) is 5.75 Å². The molecule has 16 heavy (non-hydrogen) atoms. The fraction of sp³-hybridized carbons (Fsp3) is 0.455. The Bertz CT molecular complexity index is 425. The third kappa shape index (κ3) is 4.10. The van der Waals surface area contributed by atoms with E-state index < -0.39 is 9.84 Å². The number of sulfone groups is 1. The van der Waals surface area contributed by atoms with E-state index in [-0.39, 0.29) is 23.3 Å². The number of phenolic OH excluding ortho intramolecular Hbond substituents is 1. The maximum absolute atomic E-state index is 11.4. The smallest absolute Gasteiger partial charge is 0.152 e. The van der Waals surface area contributed by atoms with Crippen molar-refractivity contribution >= 4 is 15.5 Å². The van der Waals surface area contributed by atoms with Crippen LogP contribution in [0.15, 0.2) is 24.3 Å². The lowest BCUT2D eigenvalue weighted by atomic mass is 10.3. The Morgan fingerprint density at radius 1 is 1.31 bits per heavy atom. The van der Waals surface area contributed by atoms with E-state index in [4.69, 9.17) is 5.11 Å². The van der Waals surface area contributed by atoms with Crippen molar-refractivity contribution < 1.29 is 13.5 Å². The molecule has 0 aliphatic carbocycles. The van der Waals surface area contributed by atoms with Crippen LogP contribution in [0.4, 0.5) is 5.69 Å². The molecular formula is C11H17NO3S. The van der Waals surface area contributed by atoms with Crippen molar-refractivity contribution in [1.82, 2.24) is 0 Å². The van der Waals surface area contributed by atoms with E-state index in [1.54, 1.807) is 31.2 Å². The predicted molar refractivity (Wildman–Crippen MR) is 65.5 cm³/mol. The van der Waals surface area contributed by atoms with Crippen molar-refractivity contribution in [2.75, 3.05) is 16.8 Å². The average Bonchev–Trinajstić information content (AvgIpc) is 2.21. The minimum atomic E-state index is -2.96. The van der Waals surface area contributed by atoms with Gasteiger partial charge in [-0.25, -0.2) is 8.42 Å². The van der Waals surface area contributed by atoms with Gasteiger partial charge in [-0.15, -0.1) is 0 Å². The number of hydrogen-bond donors (Lipinski definition) is 2. The highest BCUT2D eigenvalue weighted by molar-refractivity contribution is 7.91. The van der Waals surface area contributed by atoms with Crippen molar-refractivity contribution in [1.29, 1.82) is 0 Å².